The van der Waals surface area contributed by atoms with Crippen LogP contribution >= 0.6 is 11.6 Å². The minimum Gasteiger partial charge on any atom is -0.375 e. The molecule has 0 aliphatic heterocycles. The molecule has 0 spiro atoms. The van der Waals surface area contributed by atoms with Crippen molar-refractivity contribution in [2.24, 2.45) is 5.41 Å². The predicted octanol–water partition coefficient (Wildman–Crippen LogP) is 6.07. The van der Waals surface area contributed by atoms with Crippen LogP contribution in [0.25, 0.3) is 0 Å². The highest BCUT2D eigenvalue weighted by atomic mass is 35.5. The maximum absolute atomic E-state index is 14.0. The number of rotatable bonds is 4. The van der Waals surface area contributed by atoms with Gasteiger partial charge >= 0.3 is 0 Å². The van der Waals surface area contributed by atoms with E-state index in [1.807, 2.05) is 18.2 Å². The number of hydrogen-bond donors (Lipinski definition) is 1. The standard InChI is InChI=1S/C18H21ClFN/c1-18(2,3)12-16(13-8-5-4-6-9-13)21-17-14(19)10-7-11-15(17)20/h4-11,16,21H,12H2,1-3H3. The largest absolute Gasteiger partial charge is 0.375 e. The Morgan fingerprint density at radius 3 is 2.29 bits per heavy atom. The maximum atomic E-state index is 14.0. The normalized spacial score (nSPS) is 13.0. The van der Waals surface area contributed by atoms with Crippen molar-refractivity contribution in [1.29, 1.82) is 0 Å². The first-order valence-corrected chi connectivity index (χ1v) is 7.50. The van der Waals surface area contributed by atoms with Crippen LogP contribution < -0.4 is 5.32 Å². The molecule has 1 unspecified atom stereocenters. The summed E-state index contributed by atoms with van der Waals surface area (Å²) in [5, 5.41) is 3.69. The second-order valence-electron chi connectivity index (χ2n) is 6.47. The summed E-state index contributed by atoms with van der Waals surface area (Å²) in [5.74, 6) is -0.322. The lowest BCUT2D eigenvalue weighted by atomic mass is 9.85. The molecule has 2 aromatic carbocycles. The van der Waals surface area contributed by atoms with E-state index in [0.717, 1.165) is 12.0 Å². The van der Waals surface area contributed by atoms with Crippen LogP contribution in [-0.2, 0) is 0 Å². The minimum atomic E-state index is -0.322. The summed E-state index contributed by atoms with van der Waals surface area (Å²) in [6.45, 7) is 6.52. The zero-order valence-electron chi connectivity index (χ0n) is 12.7. The van der Waals surface area contributed by atoms with Gasteiger partial charge in [0.05, 0.1) is 16.8 Å². The van der Waals surface area contributed by atoms with Crippen LogP contribution in [-0.4, -0.2) is 0 Å². The molecule has 112 valence electrons. The summed E-state index contributed by atoms with van der Waals surface area (Å²) in [4.78, 5) is 0. The van der Waals surface area contributed by atoms with Crippen LogP contribution in [0.15, 0.2) is 48.5 Å². The van der Waals surface area contributed by atoms with E-state index < -0.39 is 0 Å². The van der Waals surface area contributed by atoms with Crippen LogP contribution in [0.2, 0.25) is 5.02 Å². The first-order valence-electron chi connectivity index (χ1n) is 7.12. The van der Waals surface area contributed by atoms with Gasteiger partial charge in [0.25, 0.3) is 0 Å². The van der Waals surface area contributed by atoms with Crippen molar-refractivity contribution in [2.75, 3.05) is 5.32 Å². The van der Waals surface area contributed by atoms with Gasteiger partial charge in [0.15, 0.2) is 0 Å². The lowest BCUT2D eigenvalue weighted by Gasteiger charge is -2.28. The Hall–Kier alpha value is -1.54. The highest BCUT2D eigenvalue weighted by molar-refractivity contribution is 6.33. The molecule has 0 aliphatic carbocycles. The van der Waals surface area contributed by atoms with Crippen LogP contribution in [0.3, 0.4) is 0 Å². The molecular weight excluding hydrogens is 285 g/mol. The fourth-order valence-electron chi connectivity index (χ4n) is 2.36. The van der Waals surface area contributed by atoms with Crippen LogP contribution in [0.4, 0.5) is 10.1 Å². The molecule has 21 heavy (non-hydrogen) atoms. The molecule has 0 amide bonds. The van der Waals surface area contributed by atoms with Gasteiger partial charge in [0.1, 0.15) is 5.82 Å². The number of hydrogen-bond acceptors (Lipinski definition) is 1. The number of benzene rings is 2. The average molecular weight is 306 g/mol. The number of nitrogens with one attached hydrogen (secondary N) is 1. The average Bonchev–Trinajstić information content (AvgIpc) is 2.41. The Bertz CT molecular complexity index is 570. The molecule has 1 N–H and O–H groups in total. The van der Waals surface area contributed by atoms with Gasteiger partial charge in [-0.2, -0.15) is 0 Å². The van der Waals surface area contributed by atoms with Gasteiger partial charge in [0.2, 0.25) is 0 Å². The molecule has 0 radical (unpaired) electrons. The quantitative estimate of drug-likeness (QED) is 0.723. The lowest BCUT2D eigenvalue weighted by molar-refractivity contribution is 0.352. The molecule has 0 aromatic heterocycles. The number of para-hydroxylation sites is 1. The molecule has 0 saturated heterocycles. The van der Waals surface area contributed by atoms with E-state index in [1.165, 1.54) is 6.07 Å². The second kappa shape index (κ2) is 6.48. The van der Waals surface area contributed by atoms with Gasteiger partial charge in [-0.05, 0) is 29.5 Å². The fourth-order valence-corrected chi connectivity index (χ4v) is 2.58. The first-order chi connectivity index (χ1) is 9.87. The SMILES string of the molecule is CC(C)(C)CC(Nc1c(F)cccc1Cl)c1ccccc1. The zero-order chi connectivity index (χ0) is 15.5. The van der Waals surface area contributed by atoms with Crippen LogP contribution in [0.1, 0.15) is 38.8 Å². The highest BCUT2D eigenvalue weighted by Crippen LogP contribution is 2.35. The molecule has 0 fully saturated rings. The molecule has 1 nitrogen and oxygen atoms in total. The molecule has 2 rings (SSSR count). The molecule has 0 saturated carbocycles. The maximum Gasteiger partial charge on any atom is 0.147 e. The molecule has 0 bridgehead atoms. The number of anilines is 1. The summed E-state index contributed by atoms with van der Waals surface area (Å²) in [5.41, 5.74) is 1.62. The monoisotopic (exact) mass is 305 g/mol. The van der Waals surface area contributed by atoms with E-state index in [0.29, 0.717) is 10.7 Å². The zero-order valence-corrected chi connectivity index (χ0v) is 13.4. The van der Waals surface area contributed by atoms with E-state index in [4.69, 9.17) is 11.6 Å². The molecule has 0 heterocycles. The Labute approximate surface area is 131 Å². The Balaban J connectivity index is 2.33. The lowest BCUT2D eigenvalue weighted by Crippen LogP contribution is -2.19. The minimum absolute atomic E-state index is 0.0144. The predicted molar refractivity (Wildman–Crippen MR) is 88.3 cm³/mol. The van der Waals surface area contributed by atoms with Crippen LogP contribution in [0, 0.1) is 11.2 Å². The van der Waals surface area contributed by atoms with Gasteiger partial charge in [-0.25, -0.2) is 4.39 Å². The van der Waals surface area contributed by atoms with Crippen LogP contribution in [0.5, 0.6) is 0 Å². The summed E-state index contributed by atoms with van der Waals surface area (Å²) in [7, 11) is 0. The van der Waals surface area contributed by atoms with E-state index in [9.17, 15) is 4.39 Å². The fraction of sp³-hybridized carbons (Fsp3) is 0.333. The highest BCUT2D eigenvalue weighted by Gasteiger charge is 2.22. The van der Waals surface area contributed by atoms with E-state index >= 15 is 0 Å². The molecule has 1 atom stereocenters. The summed E-state index contributed by atoms with van der Waals surface area (Å²) >= 11 is 6.13. The van der Waals surface area contributed by atoms with Crippen molar-refractivity contribution in [1.82, 2.24) is 0 Å². The van der Waals surface area contributed by atoms with Crippen molar-refractivity contribution in [2.45, 2.75) is 33.2 Å². The van der Waals surface area contributed by atoms with E-state index in [1.54, 1.807) is 12.1 Å². The van der Waals surface area contributed by atoms with Gasteiger partial charge in [-0.3, -0.25) is 0 Å². The molecule has 3 heteroatoms. The first kappa shape index (κ1) is 15.8. The second-order valence-corrected chi connectivity index (χ2v) is 6.88. The van der Waals surface area contributed by atoms with E-state index in [-0.39, 0.29) is 17.3 Å². The Kier molecular flexibility index (Phi) is 4.89. The van der Waals surface area contributed by atoms with Gasteiger partial charge < -0.3 is 5.32 Å². The topological polar surface area (TPSA) is 12.0 Å². The van der Waals surface area contributed by atoms with Gasteiger partial charge in [-0.15, -0.1) is 0 Å². The third-order valence-electron chi connectivity index (χ3n) is 3.30. The van der Waals surface area contributed by atoms with E-state index in [2.05, 4.69) is 38.2 Å². The van der Waals surface area contributed by atoms with Crippen molar-refractivity contribution in [3.8, 4) is 0 Å². The van der Waals surface area contributed by atoms with Gasteiger partial charge in [-0.1, -0.05) is 68.8 Å². The molecular formula is C18H21ClFN. The van der Waals surface area contributed by atoms with Crippen molar-refractivity contribution >= 4 is 17.3 Å². The smallest absolute Gasteiger partial charge is 0.147 e. The third kappa shape index (κ3) is 4.47. The third-order valence-corrected chi connectivity index (χ3v) is 3.61. The summed E-state index contributed by atoms with van der Waals surface area (Å²) < 4.78 is 14.0. The molecule has 0 aliphatic rings. The van der Waals surface area contributed by atoms with Gasteiger partial charge in [0, 0.05) is 0 Å². The van der Waals surface area contributed by atoms with Crippen molar-refractivity contribution < 1.29 is 4.39 Å². The van der Waals surface area contributed by atoms with Crippen molar-refractivity contribution in [3.63, 3.8) is 0 Å². The summed E-state index contributed by atoms with van der Waals surface area (Å²) in [6, 6.07) is 14.8. The number of halogens is 2. The summed E-state index contributed by atoms with van der Waals surface area (Å²) in [6.07, 6.45) is 0.877. The molecule has 2 aromatic rings. The Morgan fingerprint density at radius 1 is 1.05 bits per heavy atom. The van der Waals surface area contributed by atoms with Crippen molar-refractivity contribution in [3.05, 3.63) is 64.9 Å². The Morgan fingerprint density at radius 2 is 1.71 bits per heavy atom.